The highest BCUT2D eigenvalue weighted by Crippen LogP contribution is 2.30. The van der Waals surface area contributed by atoms with Crippen molar-refractivity contribution < 1.29 is 18.0 Å². The predicted molar refractivity (Wildman–Crippen MR) is 81.0 cm³/mol. The van der Waals surface area contributed by atoms with Crippen LogP contribution in [-0.2, 0) is 12.6 Å². The van der Waals surface area contributed by atoms with Crippen LogP contribution in [0.25, 0.3) is 0 Å². The van der Waals surface area contributed by atoms with E-state index < -0.39 is 17.8 Å². The number of nitrogens with zero attached hydrogens (tertiary/aromatic N) is 2. The fourth-order valence-electron chi connectivity index (χ4n) is 1.92. The predicted octanol–water partition coefficient (Wildman–Crippen LogP) is 3.81. The van der Waals surface area contributed by atoms with Crippen molar-refractivity contribution in [1.82, 2.24) is 9.88 Å². The molecule has 1 N–H and O–H groups in total. The molecule has 0 spiro atoms. The van der Waals surface area contributed by atoms with Gasteiger partial charge < -0.3 is 10.2 Å². The molecule has 23 heavy (non-hydrogen) atoms. The second-order valence-electron chi connectivity index (χ2n) is 5.00. The molecular weight excluding hydrogens is 307 g/mol. The molecule has 1 aromatic heterocycles. The summed E-state index contributed by atoms with van der Waals surface area (Å²) in [7, 11) is 1.58. The Hall–Kier alpha value is -2.57. The summed E-state index contributed by atoms with van der Waals surface area (Å²) in [5.41, 5.74) is 0.146. The number of carbonyl (C=O) groups is 1. The van der Waals surface area contributed by atoms with Crippen LogP contribution in [0.1, 0.15) is 11.3 Å². The van der Waals surface area contributed by atoms with Gasteiger partial charge in [-0.2, -0.15) is 13.2 Å². The molecule has 0 aliphatic rings. The summed E-state index contributed by atoms with van der Waals surface area (Å²) in [4.78, 5) is 17.6. The summed E-state index contributed by atoms with van der Waals surface area (Å²) in [5, 5.41) is 2.46. The maximum Gasteiger partial charge on any atom is 0.416 e. The summed E-state index contributed by atoms with van der Waals surface area (Å²) in [6, 6.07) is 9.56. The van der Waals surface area contributed by atoms with Crippen LogP contribution in [0.4, 0.5) is 23.7 Å². The van der Waals surface area contributed by atoms with Gasteiger partial charge in [0.2, 0.25) is 0 Å². The molecule has 2 rings (SSSR count). The van der Waals surface area contributed by atoms with Crippen LogP contribution in [-0.4, -0.2) is 29.5 Å². The second-order valence-corrected chi connectivity index (χ2v) is 5.00. The number of hydrogen-bond donors (Lipinski definition) is 1. The van der Waals surface area contributed by atoms with Crippen LogP contribution in [0, 0.1) is 0 Å². The molecule has 2 aromatic rings. The molecule has 0 aliphatic heterocycles. The highest BCUT2D eigenvalue weighted by molar-refractivity contribution is 5.89. The minimum Gasteiger partial charge on any atom is -0.327 e. The number of benzene rings is 1. The summed E-state index contributed by atoms with van der Waals surface area (Å²) >= 11 is 0. The highest BCUT2D eigenvalue weighted by atomic mass is 19.4. The number of urea groups is 1. The van der Waals surface area contributed by atoms with Crippen LogP contribution in [0.3, 0.4) is 0 Å². The molecule has 0 fully saturated rings. The van der Waals surface area contributed by atoms with E-state index in [9.17, 15) is 18.0 Å². The first-order chi connectivity index (χ1) is 10.9. The lowest BCUT2D eigenvalue weighted by Crippen LogP contribution is -2.33. The molecule has 7 heteroatoms. The van der Waals surface area contributed by atoms with Crippen molar-refractivity contribution in [2.24, 2.45) is 0 Å². The van der Waals surface area contributed by atoms with Gasteiger partial charge in [0, 0.05) is 37.6 Å². The normalized spacial score (nSPS) is 11.1. The third-order valence-corrected chi connectivity index (χ3v) is 3.22. The van der Waals surface area contributed by atoms with E-state index in [1.165, 1.54) is 17.0 Å². The molecule has 1 heterocycles. The van der Waals surface area contributed by atoms with E-state index >= 15 is 0 Å². The van der Waals surface area contributed by atoms with E-state index in [1.807, 2.05) is 12.1 Å². The average Bonchev–Trinajstić information content (AvgIpc) is 2.53. The third kappa shape index (κ3) is 4.98. The van der Waals surface area contributed by atoms with Gasteiger partial charge in [0.05, 0.1) is 5.56 Å². The minimum absolute atomic E-state index is 0.106. The number of anilines is 1. The van der Waals surface area contributed by atoms with Crippen LogP contribution in [0.15, 0.2) is 48.7 Å². The average molecular weight is 323 g/mol. The molecule has 0 radical (unpaired) electrons. The van der Waals surface area contributed by atoms with Crippen molar-refractivity contribution in [2.45, 2.75) is 12.6 Å². The van der Waals surface area contributed by atoms with Gasteiger partial charge in [-0.25, -0.2) is 4.79 Å². The van der Waals surface area contributed by atoms with Crippen LogP contribution >= 0.6 is 0 Å². The van der Waals surface area contributed by atoms with Gasteiger partial charge in [-0.15, -0.1) is 0 Å². The molecule has 0 atom stereocenters. The van der Waals surface area contributed by atoms with Gasteiger partial charge in [-0.3, -0.25) is 4.98 Å². The number of hydrogen-bond acceptors (Lipinski definition) is 2. The van der Waals surface area contributed by atoms with E-state index in [-0.39, 0.29) is 5.69 Å². The van der Waals surface area contributed by atoms with E-state index in [4.69, 9.17) is 0 Å². The number of alkyl halides is 3. The Morgan fingerprint density at radius 2 is 2.00 bits per heavy atom. The zero-order valence-corrected chi connectivity index (χ0v) is 12.5. The number of nitrogens with one attached hydrogen (secondary N) is 1. The topological polar surface area (TPSA) is 45.2 Å². The summed E-state index contributed by atoms with van der Waals surface area (Å²) in [5.74, 6) is 0. The highest BCUT2D eigenvalue weighted by Gasteiger charge is 2.30. The van der Waals surface area contributed by atoms with Crippen molar-refractivity contribution in [2.75, 3.05) is 18.9 Å². The fraction of sp³-hybridized carbons (Fsp3) is 0.250. The zero-order chi connectivity index (χ0) is 16.9. The molecule has 0 saturated heterocycles. The monoisotopic (exact) mass is 323 g/mol. The van der Waals surface area contributed by atoms with Crippen molar-refractivity contribution >= 4 is 11.7 Å². The van der Waals surface area contributed by atoms with Crippen LogP contribution < -0.4 is 5.32 Å². The Kier molecular flexibility index (Phi) is 5.20. The number of halogens is 3. The molecule has 2 amide bonds. The standard InChI is InChI=1S/C16H16F3N3O/c1-22(10-8-13-6-2-3-9-20-13)15(23)21-14-7-4-5-12(11-14)16(17,18)19/h2-7,9,11H,8,10H2,1H3,(H,21,23). The number of pyridine rings is 1. The number of carbonyl (C=O) groups excluding carboxylic acids is 1. The van der Waals surface area contributed by atoms with Gasteiger partial charge in [0.15, 0.2) is 0 Å². The Balaban J connectivity index is 1.93. The quantitative estimate of drug-likeness (QED) is 0.930. The summed E-state index contributed by atoms with van der Waals surface area (Å²) in [6.45, 7) is 0.405. The smallest absolute Gasteiger partial charge is 0.327 e. The minimum atomic E-state index is -4.44. The number of amides is 2. The third-order valence-electron chi connectivity index (χ3n) is 3.22. The van der Waals surface area contributed by atoms with Gasteiger partial charge in [0.1, 0.15) is 0 Å². The maximum atomic E-state index is 12.6. The van der Waals surface area contributed by atoms with Crippen molar-refractivity contribution in [3.05, 3.63) is 59.9 Å². The first kappa shape index (κ1) is 16.8. The first-order valence-electron chi connectivity index (χ1n) is 6.95. The van der Waals surface area contributed by atoms with Crippen molar-refractivity contribution in [3.8, 4) is 0 Å². The number of rotatable bonds is 4. The van der Waals surface area contributed by atoms with Crippen LogP contribution in [0.5, 0.6) is 0 Å². The molecule has 0 bridgehead atoms. The van der Waals surface area contributed by atoms with Gasteiger partial charge in [-0.1, -0.05) is 12.1 Å². The molecule has 122 valence electrons. The Morgan fingerprint density at radius 1 is 1.22 bits per heavy atom. The lowest BCUT2D eigenvalue weighted by atomic mass is 10.2. The van der Waals surface area contributed by atoms with E-state index in [0.717, 1.165) is 17.8 Å². The fourth-order valence-corrected chi connectivity index (χ4v) is 1.92. The largest absolute Gasteiger partial charge is 0.416 e. The van der Waals surface area contributed by atoms with Crippen LogP contribution in [0.2, 0.25) is 0 Å². The van der Waals surface area contributed by atoms with Crippen molar-refractivity contribution in [3.63, 3.8) is 0 Å². The molecule has 0 saturated carbocycles. The van der Waals surface area contributed by atoms with E-state index in [2.05, 4.69) is 10.3 Å². The first-order valence-corrected chi connectivity index (χ1v) is 6.95. The molecule has 1 aromatic carbocycles. The Labute approximate surface area is 132 Å². The van der Waals surface area contributed by atoms with Crippen molar-refractivity contribution in [1.29, 1.82) is 0 Å². The Bertz CT molecular complexity index is 659. The summed E-state index contributed by atoms with van der Waals surface area (Å²) in [6.07, 6.45) is -2.21. The second kappa shape index (κ2) is 7.13. The molecule has 0 unspecified atom stereocenters. The SMILES string of the molecule is CN(CCc1ccccn1)C(=O)Nc1cccc(C(F)(F)F)c1. The van der Waals surface area contributed by atoms with E-state index in [0.29, 0.717) is 13.0 Å². The molecular formula is C16H16F3N3O. The zero-order valence-electron chi connectivity index (χ0n) is 12.5. The number of likely N-dealkylation sites (N-methyl/N-ethyl adjacent to an activating group) is 1. The molecule has 4 nitrogen and oxygen atoms in total. The van der Waals surface area contributed by atoms with Gasteiger partial charge in [0.25, 0.3) is 0 Å². The van der Waals surface area contributed by atoms with E-state index in [1.54, 1.807) is 19.3 Å². The molecule has 0 aliphatic carbocycles. The van der Waals surface area contributed by atoms with Gasteiger partial charge in [-0.05, 0) is 30.3 Å². The maximum absolute atomic E-state index is 12.6. The summed E-state index contributed by atoms with van der Waals surface area (Å²) < 4.78 is 37.9. The van der Waals surface area contributed by atoms with Gasteiger partial charge >= 0.3 is 12.2 Å². The number of aromatic nitrogens is 1. The lowest BCUT2D eigenvalue weighted by molar-refractivity contribution is -0.137. The Morgan fingerprint density at radius 3 is 2.65 bits per heavy atom. The lowest BCUT2D eigenvalue weighted by Gasteiger charge is -2.18.